The number of hydrogen-bond donors (Lipinski definition) is 2. The molecule has 1 heterocycles. The van der Waals surface area contributed by atoms with Gasteiger partial charge in [-0.3, -0.25) is 4.72 Å². The molecule has 1 aliphatic rings. The van der Waals surface area contributed by atoms with Crippen molar-refractivity contribution in [2.45, 2.75) is 42.4 Å². The van der Waals surface area contributed by atoms with Gasteiger partial charge in [0.05, 0.1) is 16.6 Å². The third-order valence-electron chi connectivity index (χ3n) is 5.25. The van der Waals surface area contributed by atoms with E-state index in [1.165, 1.54) is 6.20 Å². The van der Waals surface area contributed by atoms with Crippen LogP contribution in [0, 0.1) is 11.7 Å². The van der Waals surface area contributed by atoms with E-state index in [0.29, 0.717) is 0 Å². The molecule has 0 unspecified atom stereocenters. The van der Waals surface area contributed by atoms with Gasteiger partial charge < -0.3 is 10.2 Å². The molecule has 0 radical (unpaired) electrons. The highest BCUT2D eigenvalue weighted by Gasteiger charge is 2.45. The van der Waals surface area contributed by atoms with Crippen LogP contribution in [0.3, 0.4) is 0 Å². The summed E-state index contributed by atoms with van der Waals surface area (Å²) in [5.41, 5.74) is 0.120. The first-order valence-corrected chi connectivity index (χ1v) is 12.0. The zero-order valence-electron chi connectivity index (χ0n) is 16.6. The molecule has 172 valence electrons. The lowest BCUT2D eigenvalue weighted by Gasteiger charge is -2.41. The third kappa shape index (κ3) is 5.60. The van der Waals surface area contributed by atoms with E-state index in [2.05, 4.69) is 15.0 Å². The van der Waals surface area contributed by atoms with E-state index in [4.69, 9.17) is 11.6 Å². The van der Waals surface area contributed by atoms with Crippen molar-refractivity contribution in [1.29, 1.82) is 0 Å². The maximum atomic E-state index is 14.7. The number of thiazole rings is 1. The number of nitrogens with one attached hydrogen (secondary N) is 2. The summed E-state index contributed by atoms with van der Waals surface area (Å²) in [4.78, 5) is 4.84. The Morgan fingerprint density at radius 2 is 1.97 bits per heavy atom. The number of anilines is 2. The number of benzene rings is 1. The summed E-state index contributed by atoms with van der Waals surface area (Å²) >= 11 is 7.24. The van der Waals surface area contributed by atoms with Crippen LogP contribution in [0.1, 0.15) is 19.3 Å². The number of aromatic nitrogens is 1. The molecule has 1 aromatic carbocycles. The van der Waals surface area contributed by atoms with Crippen molar-refractivity contribution in [3.8, 4) is 0 Å². The zero-order chi connectivity index (χ0) is 23.0. The van der Waals surface area contributed by atoms with Gasteiger partial charge in [-0.05, 0) is 45.5 Å². The predicted octanol–water partition coefficient (Wildman–Crippen LogP) is 4.81. The van der Waals surface area contributed by atoms with E-state index < -0.39 is 44.9 Å². The standard InChI is InChI=1S/C18H21ClF4N4O2S2/c1-27(2)15-7-10(18(21,22)23)3-4-13(15)25-14-9-12(20)16(8-11(14)19)31(28,29)26-17-24-5-6-30-17/h5-6,8-10,13,15,25H,3-4,7H2,1-2H3,(H,24,26)/t10-,13-,15-/m0/s1. The van der Waals surface area contributed by atoms with Crippen molar-refractivity contribution in [3.05, 3.63) is 34.5 Å². The lowest BCUT2D eigenvalue weighted by molar-refractivity contribution is -0.186. The van der Waals surface area contributed by atoms with Crippen molar-refractivity contribution in [3.63, 3.8) is 0 Å². The summed E-state index contributed by atoms with van der Waals surface area (Å²) in [6, 6.07) is 1.04. The van der Waals surface area contributed by atoms with Crippen LogP contribution in [0.25, 0.3) is 0 Å². The number of rotatable bonds is 6. The fourth-order valence-corrected chi connectivity index (χ4v) is 5.83. The van der Waals surface area contributed by atoms with Crippen LogP contribution in [-0.2, 0) is 10.0 Å². The second-order valence-electron chi connectivity index (χ2n) is 7.54. The van der Waals surface area contributed by atoms with Crippen LogP contribution in [0.5, 0.6) is 0 Å². The lowest BCUT2D eigenvalue weighted by atomic mass is 9.81. The first-order chi connectivity index (χ1) is 14.4. The molecule has 1 saturated carbocycles. The van der Waals surface area contributed by atoms with E-state index in [0.717, 1.165) is 23.5 Å². The summed E-state index contributed by atoms with van der Waals surface area (Å²) in [5.74, 6) is -2.45. The van der Waals surface area contributed by atoms with Crippen molar-refractivity contribution in [1.82, 2.24) is 9.88 Å². The zero-order valence-corrected chi connectivity index (χ0v) is 19.0. The van der Waals surface area contributed by atoms with Crippen LogP contribution < -0.4 is 10.0 Å². The number of nitrogens with zero attached hydrogens (tertiary/aromatic N) is 2. The lowest BCUT2D eigenvalue weighted by Crippen LogP contribution is -2.49. The first-order valence-electron chi connectivity index (χ1n) is 9.29. The van der Waals surface area contributed by atoms with E-state index in [9.17, 15) is 26.0 Å². The molecule has 3 rings (SSSR count). The van der Waals surface area contributed by atoms with Gasteiger partial charge in [-0.2, -0.15) is 13.2 Å². The van der Waals surface area contributed by atoms with Gasteiger partial charge >= 0.3 is 6.18 Å². The van der Waals surface area contributed by atoms with Crippen LogP contribution in [0.15, 0.2) is 28.6 Å². The van der Waals surface area contributed by atoms with Crippen LogP contribution >= 0.6 is 22.9 Å². The molecule has 0 bridgehead atoms. The topological polar surface area (TPSA) is 74.3 Å². The second kappa shape index (κ2) is 9.08. The molecule has 2 aromatic rings. The maximum absolute atomic E-state index is 14.7. The van der Waals surface area contributed by atoms with Gasteiger partial charge in [0.1, 0.15) is 10.7 Å². The number of halogens is 5. The minimum absolute atomic E-state index is 0.0589. The van der Waals surface area contributed by atoms with E-state index >= 15 is 0 Å². The third-order valence-corrected chi connectivity index (χ3v) is 7.73. The van der Waals surface area contributed by atoms with Crippen molar-refractivity contribution in [2.24, 2.45) is 5.92 Å². The minimum atomic E-state index is -4.27. The fraction of sp³-hybridized carbons (Fsp3) is 0.500. The molecule has 31 heavy (non-hydrogen) atoms. The molecule has 1 fully saturated rings. The summed E-state index contributed by atoms with van der Waals surface area (Å²) in [6.45, 7) is 0. The number of alkyl halides is 3. The van der Waals surface area contributed by atoms with Crippen LogP contribution in [0.2, 0.25) is 5.02 Å². The molecule has 1 aliphatic carbocycles. The Labute approximate surface area is 186 Å². The molecule has 2 N–H and O–H groups in total. The SMILES string of the molecule is CN(C)[C@H]1C[C@@H](C(F)(F)F)CC[C@@H]1Nc1cc(F)c(S(=O)(=O)Nc2nccs2)cc1Cl. The summed E-state index contributed by atoms with van der Waals surface area (Å²) in [5, 5.41) is 4.59. The molecule has 0 amide bonds. The van der Waals surface area contributed by atoms with Gasteiger partial charge in [0.25, 0.3) is 10.0 Å². The number of likely N-dealkylation sites (N-methyl/N-ethyl adjacent to an activating group) is 1. The highest BCUT2D eigenvalue weighted by Crippen LogP contribution is 2.40. The van der Waals surface area contributed by atoms with Gasteiger partial charge in [-0.25, -0.2) is 17.8 Å². The van der Waals surface area contributed by atoms with Gasteiger partial charge in [-0.15, -0.1) is 11.3 Å². The largest absolute Gasteiger partial charge is 0.391 e. The van der Waals surface area contributed by atoms with Gasteiger partial charge in [0, 0.05) is 23.7 Å². The predicted molar refractivity (Wildman–Crippen MR) is 113 cm³/mol. The van der Waals surface area contributed by atoms with Crippen molar-refractivity contribution in [2.75, 3.05) is 24.1 Å². The Bertz CT molecular complexity index is 1020. The smallest absolute Gasteiger partial charge is 0.379 e. The fourth-order valence-electron chi connectivity index (χ4n) is 3.67. The molecular formula is C18H21ClF4N4O2S2. The monoisotopic (exact) mass is 500 g/mol. The molecule has 3 atom stereocenters. The van der Waals surface area contributed by atoms with Gasteiger partial charge in [-0.1, -0.05) is 11.6 Å². The summed E-state index contributed by atoms with van der Waals surface area (Å²) in [7, 11) is -0.895. The maximum Gasteiger partial charge on any atom is 0.391 e. The van der Waals surface area contributed by atoms with E-state index in [1.54, 1.807) is 24.4 Å². The molecule has 13 heteroatoms. The molecule has 0 saturated heterocycles. The van der Waals surface area contributed by atoms with Crippen molar-refractivity contribution < 1.29 is 26.0 Å². The summed E-state index contributed by atoms with van der Waals surface area (Å²) < 4.78 is 81.3. The normalized spacial score (nSPS) is 22.5. The second-order valence-corrected chi connectivity index (χ2v) is 10.5. The molecule has 1 aromatic heterocycles. The first kappa shape index (κ1) is 24.0. The van der Waals surface area contributed by atoms with Crippen molar-refractivity contribution >= 4 is 43.8 Å². The Morgan fingerprint density at radius 1 is 1.26 bits per heavy atom. The average molecular weight is 501 g/mol. The minimum Gasteiger partial charge on any atom is -0.379 e. The Hall–Kier alpha value is -1.63. The molecule has 6 nitrogen and oxygen atoms in total. The van der Waals surface area contributed by atoms with Crippen LogP contribution in [-0.4, -0.2) is 50.7 Å². The quantitative estimate of drug-likeness (QED) is 0.557. The highest BCUT2D eigenvalue weighted by molar-refractivity contribution is 7.93. The summed E-state index contributed by atoms with van der Waals surface area (Å²) in [6.07, 6.45) is -2.83. The Balaban J connectivity index is 1.82. The number of hydrogen-bond acceptors (Lipinski definition) is 6. The van der Waals surface area contributed by atoms with Crippen LogP contribution in [0.4, 0.5) is 28.4 Å². The Morgan fingerprint density at radius 3 is 2.55 bits per heavy atom. The number of sulfonamides is 1. The van der Waals surface area contributed by atoms with E-state index in [1.807, 2.05) is 0 Å². The Kier molecular flexibility index (Phi) is 7.04. The molecule has 0 aliphatic heterocycles. The van der Waals surface area contributed by atoms with Gasteiger partial charge in [0.2, 0.25) is 0 Å². The average Bonchev–Trinajstić information content (AvgIpc) is 3.15. The molecule has 0 spiro atoms. The molecular weight excluding hydrogens is 480 g/mol. The van der Waals surface area contributed by atoms with Gasteiger partial charge in [0.15, 0.2) is 5.13 Å². The van der Waals surface area contributed by atoms with E-state index in [-0.39, 0.29) is 35.1 Å². The highest BCUT2D eigenvalue weighted by atomic mass is 35.5.